The summed E-state index contributed by atoms with van der Waals surface area (Å²) in [4.78, 5) is 14.4. The molecule has 0 radical (unpaired) electrons. The molecule has 1 aromatic rings. The second kappa shape index (κ2) is 6.61. The quantitative estimate of drug-likeness (QED) is 0.827. The first kappa shape index (κ1) is 14.7. The van der Waals surface area contributed by atoms with Crippen LogP contribution in [0.3, 0.4) is 0 Å². The zero-order valence-electron chi connectivity index (χ0n) is 12.2. The third-order valence-electron chi connectivity index (χ3n) is 3.79. The van der Waals surface area contributed by atoms with Crippen molar-refractivity contribution >= 4 is 17.3 Å². The average Bonchev–Trinajstić information content (AvgIpc) is 2.43. The number of carbonyl (C=O) groups is 1. The Hall–Kier alpha value is -1.75. The predicted octanol–water partition coefficient (Wildman–Crippen LogP) is 2.09. The molecule has 1 amide bonds. The van der Waals surface area contributed by atoms with Crippen LogP contribution in [0.4, 0.5) is 11.4 Å². The number of likely N-dealkylation sites (tertiary alicyclic amines) is 1. The molecule has 1 saturated heterocycles. The zero-order valence-corrected chi connectivity index (χ0v) is 12.2. The van der Waals surface area contributed by atoms with Crippen LogP contribution < -0.4 is 15.8 Å². The van der Waals surface area contributed by atoms with Gasteiger partial charge in [-0.3, -0.25) is 9.69 Å². The zero-order chi connectivity index (χ0) is 14.5. The van der Waals surface area contributed by atoms with E-state index in [9.17, 15) is 4.79 Å². The summed E-state index contributed by atoms with van der Waals surface area (Å²) < 4.78 is 5.23. The summed E-state index contributed by atoms with van der Waals surface area (Å²) in [5, 5.41) is 2.90. The van der Waals surface area contributed by atoms with E-state index in [0.29, 0.717) is 29.7 Å². The van der Waals surface area contributed by atoms with E-state index in [4.69, 9.17) is 10.5 Å². The van der Waals surface area contributed by atoms with Gasteiger partial charge in [-0.05, 0) is 38.4 Å². The molecule has 0 saturated carbocycles. The van der Waals surface area contributed by atoms with Crippen molar-refractivity contribution in [1.82, 2.24) is 4.90 Å². The van der Waals surface area contributed by atoms with Gasteiger partial charge in [0.05, 0.1) is 19.3 Å². The van der Waals surface area contributed by atoms with Crippen molar-refractivity contribution < 1.29 is 9.53 Å². The molecule has 1 aliphatic rings. The molecule has 1 atom stereocenters. The molecule has 5 heteroatoms. The summed E-state index contributed by atoms with van der Waals surface area (Å²) in [5.41, 5.74) is 6.98. The highest BCUT2D eigenvalue weighted by Crippen LogP contribution is 2.26. The Labute approximate surface area is 120 Å². The van der Waals surface area contributed by atoms with E-state index in [1.165, 1.54) is 19.3 Å². The van der Waals surface area contributed by atoms with Gasteiger partial charge in [-0.15, -0.1) is 0 Å². The van der Waals surface area contributed by atoms with Crippen molar-refractivity contribution in [1.29, 1.82) is 0 Å². The van der Waals surface area contributed by atoms with Gasteiger partial charge in [-0.1, -0.05) is 6.42 Å². The van der Waals surface area contributed by atoms with Gasteiger partial charge in [0, 0.05) is 17.8 Å². The largest absolute Gasteiger partial charge is 0.494 e. The number of hydrogen-bond donors (Lipinski definition) is 2. The number of anilines is 2. The molecule has 1 unspecified atom stereocenters. The fraction of sp³-hybridized carbons (Fsp3) is 0.533. The molecule has 0 spiro atoms. The number of amides is 1. The Bertz CT molecular complexity index is 476. The SMILES string of the molecule is COc1cc(N)ccc1NC(=O)CN1CCCCC1C. The van der Waals surface area contributed by atoms with Crippen LogP contribution in [0.5, 0.6) is 5.75 Å². The molecule has 1 aliphatic heterocycles. The third kappa shape index (κ3) is 3.63. The first-order valence-corrected chi connectivity index (χ1v) is 7.07. The molecule has 1 heterocycles. The fourth-order valence-corrected chi connectivity index (χ4v) is 2.58. The summed E-state index contributed by atoms with van der Waals surface area (Å²) in [6, 6.07) is 5.70. The summed E-state index contributed by atoms with van der Waals surface area (Å²) in [6.07, 6.45) is 3.59. The summed E-state index contributed by atoms with van der Waals surface area (Å²) in [6.45, 7) is 3.60. The molecule has 1 fully saturated rings. The number of carbonyl (C=O) groups excluding carboxylic acids is 1. The normalized spacial score (nSPS) is 19.6. The van der Waals surface area contributed by atoms with Gasteiger partial charge in [-0.2, -0.15) is 0 Å². The molecule has 110 valence electrons. The van der Waals surface area contributed by atoms with Gasteiger partial charge < -0.3 is 15.8 Å². The van der Waals surface area contributed by atoms with Crippen LogP contribution in [-0.4, -0.2) is 37.0 Å². The van der Waals surface area contributed by atoms with Gasteiger partial charge in [0.1, 0.15) is 5.75 Å². The number of methoxy groups -OCH3 is 1. The number of nitrogens with two attached hydrogens (primary N) is 1. The van der Waals surface area contributed by atoms with Gasteiger partial charge >= 0.3 is 0 Å². The maximum absolute atomic E-state index is 12.1. The van der Waals surface area contributed by atoms with E-state index in [2.05, 4.69) is 17.1 Å². The van der Waals surface area contributed by atoms with Crippen LogP contribution in [0, 0.1) is 0 Å². The maximum atomic E-state index is 12.1. The first-order chi connectivity index (χ1) is 9.60. The van der Waals surface area contributed by atoms with Gasteiger partial charge in [0.25, 0.3) is 0 Å². The number of piperidine rings is 1. The maximum Gasteiger partial charge on any atom is 0.238 e. The van der Waals surface area contributed by atoms with E-state index in [1.54, 1.807) is 25.3 Å². The number of hydrogen-bond acceptors (Lipinski definition) is 4. The second-order valence-corrected chi connectivity index (χ2v) is 5.32. The van der Waals surface area contributed by atoms with Gasteiger partial charge in [0.15, 0.2) is 0 Å². The predicted molar refractivity (Wildman–Crippen MR) is 80.9 cm³/mol. The molecule has 2 rings (SSSR count). The Morgan fingerprint density at radius 3 is 3.00 bits per heavy atom. The lowest BCUT2D eigenvalue weighted by molar-refractivity contribution is -0.118. The summed E-state index contributed by atoms with van der Waals surface area (Å²) in [5.74, 6) is 0.576. The minimum absolute atomic E-state index is 0.0122. The molecule has 0 bridgehead atoms. The van der Waals surface area contributed by atoms with Crippen molar-refractivity contribution in [3.63, 3.8) is 0 Å². The van der Waals surface area contributed by atoms with Crippen molar-refractivity contribution in [3.05, 3.63) is 18.2 Å². The van der Waals surface area contributed by atoms with Crippen molar-refractivity contribution in [2.75, 3.05) is 31.2 Å². The highest BCUT2D eigenvalue weighted by molar-refractivity contribution is 5.94. The third-order valence-corrected chi connectivity index (χ3v) is 3.79. The van der Waals surface area contributed by atoms with E-state index in [-0.39, 0.29) is 5.91 Å². The lowest BCUT2D eigenvalue weighted by Gasteiger charge is -2.32. The number of nitrogen functional groups attached to an aromatic ring is 1. The number of ether oxygens (including phenoxy) is 1. The molecule has 0 aliphatic carbocycles. The van der Waals surface area contributed by atoms with E-state index >= 15 is 0 Å². The van der Waals surface area contributed by atoms with Crippen molar-refractivity contribution in [2.24, 2.45) is 0 Å². The topological polar surface area (TPSA) is 67.6 Å². The average molecular weight is 277 g/mol. The summed E-state index contributed by atoms with van der Waals surface area (Å²) in [7, 11) is 1.57. The van der Waals surface area contributed by atoms with Crippen LogP contribution in [-0.2, 0) is 4.79 Å². The number of benzene rings is 1. The fourth-order valence-electron chi connectivity index (χ4n) is 2.58. The molecule has 5 nitrogen and oxygen atoms in total. The monoisotopic (exact) mass is 277 g/mol. The van der Waals surface area contributed by atoms with Gasteiger partial charge in [0.2, 0.25) is 5.91 Å². The lowest BCUT2D eigenvalue weighted by Crippen LogP contribution is -2.42. The number of nitrogens with zero attached hydrogens (tertiary/aromatic N) is 1. The van der Waals surface area contributed by atoms with Crippen LogP contribution in [0.2, 0.25) is 0 Å². The number of rotatable bonds is 4. The van der Waals surface area contributed by atoms with E-state index in [1.807, 2.05) is 0 Å². The van der Waals surface area contributed by atoms with Crippen LogP contribution in [0.15, 0.2) is 18.2 Å². The molecule has 20 heavy (non-hydrogen) atoms. The highest BCUT2D eigenvalue weighted by atomic mass is 16.5. The Kier molecular flexibility index (Phi) is 4.84. The lowest BCUT2D eigenvalue weighted by atomic mass is 10.0. The standard InChI is InChI=1S/C15H23N3O2/c1-11-5-3-4-8-18(11)10-15(19)17-13-7-6-12(16)9-14(13)20-2/h6-7,9,11H,3-5,8,10,16H2,1-2H3,(H,17,19). The van der Waals surface area contributed by atoms with Crippen LogP contribution >= 0.6 is 0 Å². The first-order valence-electron chi connectivity index (χ1n) is 7.07. The van der Waals surface area contributed by atoms with Crippen LogP contribution in [0.25, 0.3) is 0 Å². The summed E-state index contributed by atoms with van der Waals surface area (Å²) >= 11 is 0. The molecule has 3 N–H and O–H groups in total. The smallest absolute Gasteiger partial charge is 0.238 e. The van der Waals surface area contributed by atoms with E-state index in [0.717, 1.165) is 6.54 Å². The molecular formula is C15H23N3O2. The molecular weight excluding hydrogens is 254 g/mol. The Morgan fingerprint density at radius 2 is 2.30 bits per heavy atom. The van der Waals surface area contributed by atoms with Crippen LogP contribution in [0.1, 0.15) is 26.2 Å². The molecule has 1 aromatic carbocycles. The minimum atomic E-state index is -0.0122. The van der Waals surface area contributed by atoms with Crippen molar-refractivity contribution in [3.8, 4) is 5.75 Å². The minimum Gasteiger partial charge on any atom is -0.494 e. The van der Waals surface area contributed by atoms with Crippen molar-refractivity contribution in [2.45, 2.75) is 32.2 Å². The highest BCUT2D eigenvalue weighted by Gasteiger charge is 2.20. The number of nitrogens with one attached hydrogen (secondary N) is 1. The Balaban J connectivity index is 1.97. The molecule has 0 aromatic heterocycles. The van der Waals surface area contributed by atoms with E-state index < -0.39 is 0 Å². The second-order valence-electron chi connectivity index (χ2n) is 5.32. The van der Waals surface area contributed by atoms with Gasteiger partial charge in [-0.25, -0.2) is 0 Å². The Morgan fingerprint density at radius 1 is 1.50 bits per heavy atom.